The predicted molar refractivity (Wildman–Crippen MR) is 131 cm³/mol. The summed E-state index contributed by atoms with van der Waals surface area (Å²) in [5, 5.41) is 13.8. The number of nitrogens with one attached hydrogen (secondary N) is 1. The molecule has 1 amide bonds. The van der Waals surface area contributed by atoms with E-state index in [1.807, 2.05) is 41.5 Å². The number of morpholine rings is 1. The molecule has 0 saturated carbocycles. The average molecular weight is 495 g/mol. The highest BCUT2D eigenvalue weighted by atomic mass is 32.2. The quantitative estimate of drug-likeness (QED) is 0.655. The van der Waals surface area contributed by atoms with Crippen LogP contribution in [0, 0.1) is 0 Å². The van der Waals surface area contributed by atoms with Gasteiger partial charge in [0.1, 0.15) is 9.96 Å². The summed E-state index contributed by atoms with van der Waals surface area (Å²) in [6.07, 6.45) is 0. The van der Waals surface area contributed by atoms with Crippen molar-refractivity contribution in [1.29, 1.82) is 0 Å². The number of carbonyl (C=O) groups is 1. The average Bonchev–Trinajstić information content (AvgIpc) is 3.21. The third-order valence-electron chi connectivity index (χ3n) is 5.61. The maximum atomic E-state index is 13.0. The molecule has 1 aromatic carbocycles. The lowest BCUT2D eigenvalue weighted by Gasteiger charge is -2.28. The van der Waals surface area contributed by atoms with E-state index in [1.165, 1.54) is 4.31 Å². The Hall–Kier alpha value is -1.94. The van der Waals surface area contributed by atoms with Crippen LogP contribution in [0.1, 0.15) is 67.9 Å². The standard InChI is InChI=1S/C24H34N2O5S2/c1-23(2,3)18-13-16(14-19(21(18)27)24(4,5)6)22(28)25-15-17-7-8-20(32-17)33(29,30)26-9-11-31-12-10-26/h7-8,13-14,27H,9-12,15H2,1-6H3,(H,25,28). The van der Waals surface area contributed by atoms with Gasteiger partial charge in [-0.25, -0.2) is 8.42 Å². The molecule has 33 heavy (non-hydrogen) atoms. The zero-order valence-corrected chi connectivity index (χ0v) is 21.8. The second-order valence-corrected chi connectivity index (χ2v) is 13.7. The van der Waals surface area contributed by atoms with Crippen LogP contribution in [0.25, 0.3) is 0 Å². The molecule has 1 aliphatic heterocycles. The molecular weight excluding hydrogens is 460 g/mol. The molecule has 7 nitrogen and oxygen atoms in total. The summed E-state index contributed by atoms with van der Waals surface area (Å²) in [6, 6.07) is 6.80. The van der Waals surface area contributed by atoms with E-state index in [9.17, 15) is 18.3 Å². The number of hydrogen-bond donors (Lipinski definition) is 2. The normalized spacial score (nSPS) is 16.1. The molecular formula is C24H34N2O5S2. The number of hydrogen-bond acceptors (Lipinski definition) is 6. The fraction of sp³-hybridized carbons (Fsp3) is 0.542. The molecule has 3 rings (SSSR count). The van der Waals surface area contributed by atoms with Gasteiger partial charge in [0.2, 0.25) is 0 Å². The van der Waals surface area contributed by atoms with Gasteiger partial charge in [-0.05, 0) is 35.1 Å². The van der Waals surface area contributed by atoms with Gasteiger partial charge in [-0.15, -0.1) is 11.3 Å². The van der Waals surface area contributed by atoms with E-state index >= 15 is 0 Å². The fourth-order valence-corrected chi connectivity index (χ4v) is 6.54. The Balaban J connectivity index is 1.79. The first-order valence-corrected chi connectivity index (χ1v) is 13.3. The van der Waals surface area contributed by atoms with Crippen molar-refractivity contribution in [3.63, 3.8) is 0 Å². The summed E-state index contributed by atoms with van der Waals surface area (Å²) >= 11 is 1.16. The van der Waals surface area contributed by atoms with Gasteiger partial charge < -0.3 is 15.2 Å². The minimum atomic E-state index is -3.55. The summed E-state index contributed by atoms with van der Waals surface area (Å²) in [7, 11) is -3.55. The van der Waals surface area contributed by atoms with Crippen LogP contribution < -0.4 is 5.32 Å². The zero-order chi connectivity index (χ0) is 24.6. The Labute approximate surface area is 200 Å². The summed E-state index contributed by atoms with van der Waals surface area (Å²) < 4.78 is 32.6. The molecule has 0 spiro atoms. The number of ether oxygens (including phenoxy) is 1. The highest BCUT2D eigenvalue weighted by Gasteiger charge is 2.29. The second kappa shape index (κ2) is 9.37. The van der Waals surface area contributed by atoms with Crippen LogP contribution in [-0.2, 0) is 32.1 Å². The first-order valence-electron chi connectivity index (χ1n) is 11.0. The van der Waals surface area contributed by atoms with Gasteiger partial charge in [0.15, 0.2) is 0 Å². The number of benzene rings is 1. The fourth-order valence-electron chi connectivity index (χ4n) is 3.68. The molecule has 1 saturated heterocycles. The van der Waals surface area contributed by atoms with E-state index in [0.717, 1.165) is 27.3 Å². The van der Waals surface area contributed by atoms with Crippen LogP contribution >= 0.6 is 11.3 Å². The number of aromatic hydroxyl groups is 1. The summed E-state index contributed by atoms with van der Waals surface area (Å²) in [5.41, 5.74) is 1.24. The number of amides is 1. The highest BCUT2D eigenvalue weighted by molar-refractivity contribution is 7.91. The van der Waals surface area contributed by atoms with Crippen molar-refractivity contribution in [2.75, 3.05) is 26.3 Å². The number of carbonyl (C=O) groups excluding carboxylic acids is 1. The van der Waals surface area contributed by atoms with Crippen molar-refractivity contribution in [2.45, 2.75) is 63.1 Å². The lowest BCUT2D eigenvalue weighted by atomic mass is 9.78. The Morgan fingerprint density at radius 1 is 1.06 bits per heavy atom. The van der Waals surface area contributed by atoms with E-state index in [1.54, 1.807) is 24.3 Å². The molecule has 2 heterocycles. The van der Waals surface area contributed by atoms with Crippen LogP contribution in [0.5, 0.6) is 5.75 Å². The van der Waals surface area contributed by atoms with Gasteiger partial charge in [-0.3, -0.25) is 4.79 Å². The number of phenols is 1. The maximum Gasteiger partial charge on any atom is 0.252 e. The Kier molecular flexibility index (Phi) is 7.29. The molecule has 2 aromatic rings. The molecule has 182 valence electrons. The van der Waals surface area contributed by atoms with E-state index < -0.39 is 10.0 Å². The van der Waals surface area contributed by atoms with Crippen molar-refractivity contribution in [3.05, 3.63) is 45.8 Å². The topological polar surface area (TPSA) is 95.9 Å². The molecule has 9 heteroatoms. The third kappa shape index (κ3) is 5.77. The molecule has 1 aromatic heterocycles. The molecule has 0 radical (unpaired) electrons. The van der Waals surface area contributed by atoms with E-state index in [4.69, 9.17) is 4.74 Å². The first kappa shape index (κ1) is 25.7. The van der Waals surface area contributed by atoms with Gasteiger partial charge in [-0.1, -0.05) is 41.5 Å². The van der Waals surface area contributed by atoms with Crippen LogP contribution in [0.15, 0.2) is 28.5 Å². The van der Waals surface area contributed by atoms with Crippen LogP contribution in [0.4, 0.5) is 0 Å². The zero-order valence-electron chi connectivity index (χ0n) is 20.2. The van der Waals surface area contributed by atoms with Gasteiger partial charge in [0.25, 0.3) is 15.9 Å². The molecule has 0 bridgehead atoms. The summed E-state index contributed by atoms with van der Waals surface area (Å²) in [6.45, 7) is 13.7. The smallest absolute Gasteiger partial charge is 0.252 e. The Morgan fingerprint density at radius 3 is 2.12 bits per heavy atom. The number of phenolic OH excluding ortho intramolecular Hbond substituents is 1. The van der Waals surface area contributed by atoms with Crippen LogP contribution in [0.2, 0.25) is 0 Å². The van der Waals surface area contributed by atoms with Crippen molar-refractivity contribution >= 4 is 27.3 Å². The number of sulfonamides is 1. The maximum absolute atomic E-state index is 13.0. The van der Waals surface area contributed by atoms with E-state index in [-0.39, 0.29) is 33.2 Å². The lowest BCUT2D eigenvalue weighted by Crippen LogP contribution is -2.40. The summed E-state index contributed by atoms with van der Waals surface area (Å²) in [4.78, 5) is 13.8. The molecule has 0 aliphatic carbocycles. The molecule has 2 N–H and O–H groups in total. The molecule has 1 fully saturated rings. The minimum Gasteiger partial charge on any atom is -0.507 e. The van der Waals surface area contributed by atoms with Gasteiger partial charge in [0.05, 0.1) is 19.8 Å². The summed E-state index contributed by atoms with van der Waals surface area (Å²) in [5.74, 6) is -0.0419. The number of rotatable bonds is 5. The largest absolute Gasteiger partial charge is 0.507 e. The highest BCUT2D eigenvalue weighted by Crippen LogP contribution is 2.39. The van der Waals surface area contributed by atoms with Crippen molar-refractivity contribution in [2.24, 2.45) is 0 Å². The first-order chi connectivity index (χ1) is 15.2. The van der Waals surface area contributed by atoms with Crippen molar-refractivity contribution < 1.29 is 23.1 Å². The van der Waals surface area contributed by atoms with Crippen molar-refractivity contribution in [1.82, 2.24) is 9.62 Å². The lowest BCUT2D eigenvalue weighted by molar-refractivity contribution is 0.0731. The minimum absolute atomic E-state index is 0.221. The molecule has 0 unspecified atom stereocenters. The van der Waals surface area contributed by atoms with Crippen molar-refractivity contribution in [3.8, 4) is 5.75 Å². The Bertz CT molecular complexity index is 1080. The second-order valence-electron chi connectivity index (χ2n) is 10.3. The SMILES string of the molecule is CC(C)(C)c1cc(C(=O)NCc2ccc(S(=O)(=O)N3CCOCC3)s2)cc(C(C)(C)C)c1O. The van der Waals surface area contributed by atoms with Gasteiger partial charge in [0, 0.05) is 34.7 Å². The van der Waals surface area contributed by atoms with E-state index in [2.05, 4.69) is 5.32 Å². The molecule has 1 aliphatic rings. The van der Waals surface area contributed by atoms with Gasteiger partial charge in [-0.2, -0.15) is 4.31 Å². The van der Waals surface area contributed by atoms with E-state index in [0.29, 0.717) is 31.9 Å². The van der Waals surface area contributed by atoms with Gasteiger partial charge >= 0.3 is 0 Å². The monoisotopic (exact) mass is 494 g/mol. The number of nitrogens with zero attached hydrogens (tertiary/aromatic N) is 1. The predicted octanol–water partition coefficient (Wildman–Crippen LogP) is 4.00. The molecule has 0 atom stereocenters. The van der Waals surface area contributed by atoms with Crippen LogP contribution in [-0.4, -0.2) is 50.0 Å². The third-order valence-corrected chi connectivity index (χ3v) is 9.06. The van der Waals surface area contributed by atoms with Crippen LogP contribution in [0.3, 0.4) is 0 Å². The Morgan fingerprint density at radius 2 is 1.61 bits per heavy atom. The number of thiophene rings is 1.